The Hall–Kier alpha value is -1.48. The highest BCUT2D eigenvalue weighted by Crippen LogP contribution is 1.98. The van der Waals surface area contributed by atoms with Crippen molar-refractivity contribution in [3.05, 3.63) is 48.4 Å². The van der Waals surface area contributed by atoms with Crippen molar-refractivity contribution in [2.45, 2.75) is 0 Å². The SMILES string of the molecule is [C]#CC=Cc1[c]cccc1. The Morgan fingerprint density at radius 2 is 2.40 bits per heavy atom. The molecule has 0 unspecified atom stereocenters. The van der Waals surface area contributed by atoms with Crippen LogP contribution in [-0.2, 0) is 0 Å². The second kappa shape index (κ2) is 3.53. The smallest absolute Gasteiger partial charge is 0.0102 e. The van der Waals surface area contributed by atoms with Crippen LogP contribution in [0.25, 0.3) is 6.08 Å². The van der Waals surface area contributed by atoms with Crippen LogP contribution < -0.4 is 0 Å². The molecule has 0 aliphatic rings. The van der Waals surface area contributed by atoms with E-state index >= 15 is 0 Å². The molecule has 0 saturated heterocycles. The molecule has 1 aromatic rings. The summed E-state index contributed by atoms with van der Waals surface area (Å²) >= 11 is 0. The van der Waals surface area contributed by atoms with E-state index in [0.29, 0.717) is 0 Å². The molecule has 0 aliphatic heterocycles. The minimum Gasteiger partial charge on any atom is -0.0616 e. The Bertz CT molecular complexity index is 249. The molecular formula is C10H6. The predicted molar refractivity (Wildman–Crippen MR) is 41.4 cm³/mol. The summed E-state index contributed by atoms with van der Waals surface area (Å²) in [5, 5.41) is 0. The monoisotopic (exact) mass is 126 g/mol. The lowest BCUT2D eigenvalue weighted by Gasteiger charge is -1.85. The van der Waals surface area contributed by atoms with Gasteiger partial charge in [-0.1, -0.05) is 30.2 Å². The highest BCUT2D eigenvalue weighted by atomic mass is 13.8. The summed E-state index contributed by atoms with van der Waals surface area (Å²) in [7, 11) is 0. The zero-order chi connectivity index (χ0) is 7.23. The maximum absolute atomic E-state index is 6.60. The van der Waals surface area contributed by atoms with E-state index < -0.39 is 0 Å². The van der Waals surface area contributed by atoms with Crippen molar-refractivity contribution < 1.29 is 0 Å². The Morgan fingerprint density at radius 1 is 1.50 bits per heavy atom. The molecule has 0 aromatic heterocycles. The molecule has 0 nitrogen and oxygen atoms in total. The van der Waals surface area contributed by atoms with E-state index in [1.165, 1.54) is 0 Å². The normalized spacial score (nSPS) is 9.50. The van der Waals surface area contributed by atoms with Crippen LogP contribution in [0, 0.1) is 18.4 Å². The fourth-order valence-corrected chi connectivity index (χ4v) is 0.642. The first kappa shape index (κ1) is 6.64. The number of benzene rings is 1. The molecule has 0 bridgehead atoms. The summed E-state index contributed by atoms with van der Waals surface area (Å²) in [6, 6.07) is 10.6. The fraction of sp³-hybridized carbons (Fsp3) is 0. The molecular weight excluding hydrogens is 120 g/mol. The van der Waals surface area contributed by atoms with E-state index in [9.17, 15) is 0 Å². The van der Waals surface area contributed by atoms with E-state index in [4.69, 9.17) is 6.42 Å². The molecule has 10 heavy (non-hydrogen) atoms. The van der Waals surface area contributed by atoms with Crippen molar-refractivity contribution in [3.8, 4) is 5.92 Å². The first-order valence-corrected chi connectivity index (χ1v) is 2.99. The van der Waals surface area contributed by atoms with Crippen LogP contribution in [0.15, 0.2) is 30.3 Å². The third-order valence-corrected chi connectivity index (χ3v) is 1.08. The lowest BCUT2D eigenvalue weighted by atomic mass is 10.2. The quantitative estimate of drug-likeness (QED) is 0.505. The van der Waals surface area contributed by atoms with E-state index in [-0.39, 0.29) is 0 Å². The summed E-state index contributed by atoms with van der Waals surface area (Å²) in [4.78, 5) is 0. The molecule has 0 saturated carbocycles. The summed E-state index contributed by atoms with van der Waals surface area (Å²) in [5.74, 6) is 2.17. The molecule has 1 rings (SSSR count). The van der Waals surface area contributed by atoms with E-state index in [1.54, 1.807) is 12.2 Å². The lowest BCUT2D eigenvalue weighted by Crippen LogP contribution is -1.67. The van der Waals surface area contributed by atoms with Crippen molar-refractivity contribution in [2.24, 2.45) is 0 Å². The number of hydrogen-bond acceptors (Lipinski definition) is 0. The highest BCUT2D eigenvalue weighted by molar-refractivity contribution is 5.50. The minimum atomic E-state index is 0.974. The van der Waals surface area contributed by atoms with Gasteiger partial charge < -0.3 is 0 Å². The molecule has 0 amide bonds. The fourth-order valence-electron chi connectivity index (χ4n) is 0.642. The largest absolute Gasteiger partial charge is 0.0616 e. The lowest BCUT2D eigenvalue weighted by molar-refractivity contribution is 1.64. The van der Waals surface area contributed by atoms with Gasteiger partial charge in [0.2, 0.25) is 0 Å². The Labute approximate surface area is 61.2 Å². The maximum Gasteiger partial charge on any atom is -0.0102 e. The third-order valence-electron chi connectivity index (χ3n) is 1.08. The Morgan fingerprint density at radius 3 is 3.00 bits per heavy atom. The zero-order valence-electron chi connectivity index (χ0n) is 5.46. The minimum absolute atomic E-state index is 0.974. The Kier molecular flexibility index (Phi) is 2.34. The summed E-state index contributed by atoms with van der Waals surface area (Å²) in [6.07, 6.45) is 9.93. The molecule has 0 N–H and O–H groups in total. The van der Waals surface area contributed by atoms with Crippen LogP contribution in [0.1, 0.15) is 5.56 Å². The molecule has 2 radical (unpaired) electrons. The van der Waals surface area contributed by atoms with Gasteiger partial charge in [-0.15, -0.1) is 0 Å². The molecule has 0 aliphatic carbocycles. The molecule has 0 fully saturated rings. The second-order valence-electron chi connectivity index (χ2n) is 1.80. The average Bonchev–Trinajstić information content (AvgIpc) is 2.03. The number of allylic oxidation sites excluding steroid dienone is 1. The first-order valence-electron chi connectivity index (χ1n) is 2.99. The van der Waals surface area contributed by atoms with Gasteiger partial charge in [0.25, 0.3) is 0 Å². The van der Waals surface area contributed by atoms with E-state index in [0.717, 1.165) is 5.56 Å². The number of hydrogen-bond donors (Lipinski definition) is 0. The van der Waals surface area contributed by atoms with Gasteiger partial charge in [-0.05, 0) is 30.2 Å². The van der Waals surface area contributed by atoms with Gasteiger partial charge in [0, 0.05) is 0 Å². The topological polar surface area (TPSA) is 0 Å². The molecule has 0 atom stereocenters. The summed E-state index contributed by atoms with van der Waals surface area (Å²) in [6.45, 7) is 0. The van der Waals surface area contributed by atoms with Crippen LogP contribution in [0.2, 0.25) is 0 Å². The van der Waals surface area contributed by atoms with Crippen molar-refractivity contribution in [1.29, 1.82) is 0 Å². The summed E-state index contributed by atoms with van der Waals surface area (Å²) < 4.78 is 0. The maximum atomic E-state index is 6.60. The van der Waals surface area contributed by atoms with E-state index in [2.05, 4.69) is 12.0 Å². The van der Waals surface area contributed by atoms with Crippen LogP contribution >= 0.6 is 0 Å². The standard InChI is InChI=1S/C10H6/c1-2-3-7-10-8-5-4-6-9-10/h3-8H. The van der Waals surface area contributed by atoms with Crippen LogP contribution in [0.3, 0.4) is 0 Å². The number of rotatable bonds is 1. The summed E-state index contributed by atoms with van der Waals surface area (Å²) in [5.41, 5.74) is 0.974. The average molecular weight is 126 g/mol. The Balaban J connectivity index is 2.79. The molecule has 46 valence electrons. The van der Waals surface area contributed by atoms with Crippen LogP contribution in [-0.4, -0.2) is 0 Å². The molecule has 1 aromatic carbocycles. The van der Waals surface area contributed by atoms with Crippen molar-refractivity contribution >= 4 is 6.08 Å². The van der Waals surface area contributed by atoms with Gasteiger partial charge in [-0.25, -0.2) is 0 Å². The van der Waals surface area contributed by atoms with Gasteiger partial charge in [-0.2, -0.15) is 0 Å². The van der Waals surface area contributed by atoms with Gasteiger partial charge >= 0.3 is 0 Å². The molecule has 0 heterocycles. The van der Waals surface area contributed by atoms with Crippen LogP contribution in [0.5, 0.6) is 0 Å². The molecule has 0 spiro atoms. The van der Waals surface area contributed by atoms with Crippen molar-refractivity contribution in [1.82, 2.24) is 0 Å². The first-order chi connectivity index (χ1) is 4.93. The van der Waals surface area contributed by atoms with Crippen LogP contribution in [0.4, 0.5) is 0 Å². The van der Waals surface area contributed by atoms with Gasteiger partial charge in [0.1, 0.15) is 0 Å². The molecule has 0 heteroatoms. The van der Waals surface area contributed by atoms with Gasteiger partial charge in [0.05, 0.1) is 0 Å². The second-order valence-corrected chi connectivity index (χ2v) is 1.80. The zero-order valence-corrected chi connectivity index (χ0v) is 5.46. The van der Waals surface area contributed by atoms with E-state index in [1.807, 2.05) is 24.3 Å². The van der Waals surface area contributed by atoms with Gasteiger partial charge in [-0.3, -0.25) is 0 Å². The predicted octanol–water partition coefficient (Wildman–Crippen LogP) is 2.09. The van der Waals surface area contributed by atoms with Crippen molar-refractivity contribution in [2.75, 3.05) is 0 Å². The van der Waals surface area contributed by atoms with Gasteiger partial charge in [0.15, 0.2) is 0 Å². The third kappa shape index (κ3) is 1.80. The van der Waals surface area contributed by atoms with Crippen molar-refractivity contribution in [3.63, 3.8) is 0 Å². The highest BCUT2D eigenvalue weighted by Gasteiger charge is 1.79.